The molecule has 0 spiro atoms. The molecule has 0 radical (unpaired) electrons. The molecule has 1 saturated heterocycles. The SMILES string of the molecule is O=C(NC[C@H]1CCCO1)c1ccc2[nH]c3c(c2c1)CCCC3. The maximum Gasteiger partial charge on any atom is 0.251 e. The number of benzene rings is 1. The van der Waals surface area contributed by atoms with Crippen LogP contribution in [0.2, 0.25) is 0 Å². The third kappa shape index (κ3) is 2.52. The largest absolute Gasteiger partial charge is 0.376 e. The number of hydrogen-bond acceptors (Lipinski definition) is 2. The van der Waals surface area contributed by atoms with Gasteiger partial charge in [-0.2, -0.15) is 0 Å². The second-order valence-corrected chi connectivity index (χ2v) is 6.39. The average molecular weight is 298 g/mol. The fourth-order valence-electron chi connectivity index (χ4n) is 3.66. The number of fused-ring (bicyclic) bond motifs is 3. The van der Waals surface area contributed by atoms with E-state index in [1.807, 2.05) is 18.2 Å². The van der Waals surface area contributed by atoms with E-state index >= 15 is 0 Å². The Morgan fingerprint density at radius 3 is 3.05 bits per heavy atom. The van der Waals surface area contributed by atoms with Crippen LogP contribution in [0.25, 0.3) is 10.9 Å². The molecule has 4 nitrogen and oxygen atoms in total. The molecule has 1 aromatic carbocycles. The summed E-state index contributed by atoms with van der Waals surface area (Å²) < 4.78 is 5.55. The van der Waals surface area contributed by atoms with Crippen molar-refractivity contribution in [3.05, 3.63) is 35.0 Å². The average Bonchev–Trinajstić information content (AvgIpc) is 3.19. The monoisotopic (exact) mass is 298 g/mol. The van der Waals surface area contributed by atoms with Gasteiger partial charge in [-0.05, 0) is 62.3 Å². The quantitative estimate of drug-likeness (QED) is 0.915. The summed E-state index contributed by atoms with van der Waals surface area (Å²) in [4.78, 5) is 15.9. The Morgan fingerprint density at radius 1 is 1.27 bits per heavy atom. The van der Waals surface area contributed by atoms with Crippen LogP contribution in [0.15, 0.2) is 18.2 Å². The zero-order valence-corrected chi connectivity index (χ0v) is 12.8. The molecular weight excluding hydrogens is 276 g/mol. The van der Waals surface area contributed by atoms with Gasteiger partial charge >= 0.3 is 0 Å². The number of amides is 1. The number of H-pyrrole nitrogens is 1. The third-order valence-corrected chi connectivity index (χ3v) is 4.87. The van der Waals surface area contributed by atoms with Crippen molar-refractivity contribution in [1.29, 1.82) is 0 Å². The van der Waals surface area contributed by atoms with Crippen LogP contribution in [0.3, 0.4) is 0 Å². The first kappa shape index (κ1) is 13.8. The number of ether oxygens (including phenoxy) is 1. The minimum Gasteiger partial charge on any atom is -0.376 e. The second kappa shape index (κ2) is 5.76. The first-order valence-electron chi connectivity index (χ1n) is 8.34. The first-order valence-corrected chi connectivity index (χ1v) is 8.34. The summed E-state index contributed by atoms with van der Waals surface area (Å²) in [6.07, 6.45) is 7.09. The molecule has 116 valence electrons. The predicted molar refractivity (Wildman–Crippen MR) is 86.2 cm³/mol. The van der Waals surface area contributed by atoms with Crippen LogP contribution in [0.4, 0.5) is 0 Å². The number of aromatic nitrogens is 1. The van der Waals surface area contributed by atoms with Gasteiger partial charge in [0.1, 0.15) is 0 Å². The maximum atomic E-state index is 12.4. The van der Waals surface area contributed by atoms with Crippen molar-refractivity contribution in [2.24, 2.45) is 0 Å². The van der Waals surface area contributed by atoms with E-state index in [1.165, 1.54) is 29.5 Å². The third-order valence-electron chi connectivity index (χ3n) is 4.87. The molecule has 2 aromatic rings. The highest BCUT2D eigenvalue weighted by Crippen LogP contribution is 2.29. The Bertz CT molecular complexity index is 698. The lowest BCUT2D eigenvalue weighted by Gasteiger charge is -2.12. The summed E-state index contributed by atoms with van der Waals surface area (Å²) >= 11 is 0. The topological polar surface area (TPSA) is 54.1 Å². The molecule has 2 heterocycles. The van der Waals surface area contributed by atoms with Gasteiger partial charge in [0, 0.05) is 35.3 Å². The predicted octanol–water partition coefficient (Wildman–Crippen LogP) is 2.96. The van der Waals surface area contributed by atoms with E-state index in [-0.39, 0.29) is 12.0 Å². The van der Waals surface area contributed by atoms with Gasteiger partial charge in [0.05, 0.1) is 6.10 Å². The minimum absolute atomic E-state index is 0.00293. The summed E-state index contributed by atoms with van der Waals surface area (Å²) in [6, 6.07) is 5.99. The molecule has 1 aliphatic heterocycles. The van der Waals surface area contributed by atoms with Gasteiger partial charge in [-0.15, -0.1) is 0 Å². The molecule has 2 aliphatic rings. The molecule has 1 atom stereocenters. The van der Waals surface area contributed by atoms with Gasteiger partial charge in [0.15, 0.2) is 0 Å². The summed E-state index contributed by atoms with van der Waals surface area (Å²) in [5.74, 6) is 0.00293. The van der Waals surface area contributed by atoms with Gasteiger partial charge in [-0.1, -0.05) is 0 Å². The van der Waals surface area contributed by atoms with Crippen LogP contribution in [-0.2, 0) is 17.6 Å². The standard InChI is InChI=1S/C18H22N2O2/c21-18(19-11-13-4-3-9-22-13)12-7-8-17-15(10-12)14-5-1-2-6-16(14)20-17/h7-8,10,13,20H,1-6,9,11H2,(H,19,21)/t13-/m1/s1. The lowest BCUT2D eigenvalue weighted by atomic mass is 9.95. The highest BCUT2D eigenvalue weighted by molar-refractivity contribution is 5.99. The fraction of sp³-hybridized carbons (Fsp3) is 0.500. The van der Waals surface area contributed by atoms with Gasteiger partial charge in [0.2, 0.25) is 0 Å². The molecule has 1 aromatic heterocycles. The molecule has 1 aliphatic carbocycles. The number of nitrogens with one attached hydrogen (secondary N) is 2. The molecule has 0 bridgehead atoms. The number of hydrogen-bond donors (Lipinski definition) is 2. The van der Waals surface area contributed by atoms with Crippen LogP contribution in [0, 0.1) is 0 Å². The zero-order valence-electron chi connectivity index (χ0n) is 12.8. The first-order chi connectivity index (χ1) is 10.8. The van der Waals surface area contributed by atoms with Crippen molar-refractivity contribution in [3.8, 4) is 0 Å². The van der Waals surface area contributed by atoms with Crippen molar-refractivity contribution >= 4 is 16.8 Å². The maximum absolute atomic E-state index is 12.4. The Kier molecular flexibility index (Phi) is 3.62. The molecule has 1 amide bonds. The van der Waals surface area contributed by atoms with E-state index in [0.29, 0.717) is 6.54 Å². The van der Waals surface area contributed by atoms with E-state index in [1.54, 1.807) is 0 Å². The summed E-state index contributed by atoms with van der Waals surface area (Å²) in [6.45, 7) is 1.43. The van der Waals surface area contributed by atoms with Crippen LogP contribution in [-0.4, -0.2) is 30.1 Å². The molecular formula is C18H22N2O2. The normalized spacial score (nSPS) is 21.0. The van der Waals surface area contributed by atoms with Crippen molar-refractivity contribution in [2.75, 3.05) is 13.2 Å². The van der Waals surface area contributed by atoms with Crippen LogP contribution in [0.5, 0.6) is 0 Å². The molecule has 1 fully saturated rings. The van der Waals surface area contributed by atoms with Crippen LogP contribution in [0.1, 0.15) is 47.3 Å². The van der Waals surface area contributed by atoms with Crippen molar-refractivity contribution < 1.29 is 9.53 Å². The van der Waals surface area contributed by atoms with Crippen molar-refractivity contribution in [3.63, 3.8) is 0 Å². The molecule has 4 rings (SSSR count). The van der Waals surface area contributed by atoms with Crippen molar-refractivity contribution in [2.45, 2.75) is 44.6 Å². The van der Waals surface area contributed by atoms with Gasteiger partial charge in [0.25, 0.3) is 5.91 Å². The Labute approximate surface area is 130 Å². The number of carbonyl (C=O) groups excluding carboxylic acids is 1. The lowest BCUT2D eigenvalue weighted by Crippen LogP contribution is -2.31. The highest BCUT2D eigenvalue weighted by Gasteiger charge is 2.19. The van der Waals surface area contributed by atoms with E-state index in [2.05, 4.69) is 10.3 Å². The van der Waals surface area contributed by atoms with Gasteiger partial charge < -0.3 is 15.0 Å². The summed E-state index contributed by atoms with van der Waals surface area (Å²) in [5, 5.41) is 4.23. The number of aryl methyl sites for hydroxylation is 2. The summed E-state index contributed by atoms with van der Waals surface area (Å²) in [5.41, 5.74) is 4.67. The van der Waals surface area contributed by atoms with Crippen LogP contribution < -0.4 is 5.32 Å². The number of carbonyl (C=O) groups is 1. The Balaban J connectivity index is 1.54. The van der Waals surface area contributed by atoms with Crippen molar-refractivity contribution in [1.82, 2.24) is 10.3 Å². The van der Waals surface area contributed by atoms with Gasteiger partial charge in [-0.25, -0.2) is 0 Å². The highest BCUT2D eigenvalue weighted by atomic mass is 16.5. The molecule has 0 saturated carbocycles. The van der Waals surface area contributed by atoms with Gasteiger partial charge in [-0.3, -0.25) is 4.79 Å². The Morgan fingerprint density at radius 2 is 2.18 bits per heavy atom. The molecule has 0 unspecified atom stereocenters. The number of aromatic amines is 1. The number of rotatable bonds is 3. The Hall–Kier alpha value is -1.81. The molecule has 2 N–H and O–H groups in total. The van der Waals surface area contributed by atoms with E-state index in [9.17, 15) is 4.79 Å². The van der Waals surface area contributed by atoms with E-state index in [0.717, 1.165) is 43.4 Å². The van der Waals surface area contributed by atoms with E-state index < -0.39 is 0 Å². The van der Waals surface area contributed by atoms with E-state index in [4.69, 9.17) is 4.74 Å². The minimum atomic E-state index is 0.00293. The lowest BCUT2D eigenvalue weighted by molar-refractivity contribution is 0.0858. The smallest absolute Gasteiger partial charge is 0.251 e. The van der Waals surface area contributed by atoms with Crippen LogP contribution >= 0.6 is 0 Å². The fourth-order valence-corrected chi connectivity index (χ4v) is 3.66. The molecule has 22 heavy (non-hydrogen) atoms. The zero-order chi connectivity index (χ0) is 14.9. The molecule has 4 heteroatoms. The second-order valence-electron chi connectivity index (χ2n) is 6.39. The summed E-state index contributed by atoms with van der Waals surface area (Å²) in [7, 11) is 0.